The van der Waals surface area contributed by atoms with Crippen LogP contribution in [0, 0.1) is 15.9 Å². The third-order valence-corrected chi connectivity index (χ3v) is 2.36. The van der Waals surface area contributed by atoms with Gasteiger partial charge in [0.05, 0.1) is 16.6 Å². The van der Waals surface area contributed by atoms with Gasteiger partial charge in [0.25, 0.3) is 5.69 Å². The maximum Gasteiger partial charge on any atom is 0.338 e. The average Bonchev–Trinajstić information content (AvgIpc) is 2.30. The molecule has 98 valence electrons. The highest BCUT2D eigenvalue weighted by molar-refractivity contribution is 5.90. The van der Waals surface area contributed by atoms with Gasteiger partial charge in [0.2, 0.25) is 0 Å². The Morgan fingerprint density at radius 1 is 1.56 bits per heavy atom. The van der Waals surface area contributed by atoms with Gasteiger partial charge in [-0.3, -0.25) is 10.1 Å². The molecule has 0 atom stereocenters. The molecule has 0 radical (unpaired) electrons. The van der Waals surface area contributed by atoms with Gasteiger partial charge in [-0.05, 0) is 12.5 Å². The van der Waals surface area contributed by atoms with Gasteiger partial charge >= 0.3 is 5.97 Å². The van der Waals surface area contributed by atoms with Crippen molar-refractivity contribution in [3.05, 3.63) is 33.6 Å². The normalized spacial score (nSPS) is 10.1. The van der Waals surface area contributed by atoms with Crippen LogP contribution in [0.15, 0.2) is 12.1 Å². The Labute approximate surface area is 103 Å². The second-order valence-corrected chi connectivity index (χ2v) is 3.69. The molecular weight excluding hydrogens is 243 g/mol. The fraction of sp³-hybridized carbons (Fsp3) is 0.364. The van der Waals surface area contributed by atoms with E-state index in [0.717, 1.165) is 18.9 Å². The van der Waals surface area contributed by atoms with E-state index in [1.54, 1.807) is 0 Å². The zero-order valence-corrected chi connectivity index (χ0v) is 9.77. The van der Waals surface area contributed by atoms with Gasteiger partial charge in [-0.2, -0.15) is 0 Å². The quantitative estimate of drug-likeness (QED) is 0.463. The zero-order chi connectivity index (χ0) is 13.7. The predicted octanol–water partition coefficient (Wildman–Crippen LogP) is 2.64. The highest BCUT2D eigenvalue weighted by Gasteiger charge is 2.21. The minimum Gasteiger partial charge on any atom is -0.478 e. The van der Waals surface area contributed by atoms with E-state index in [-0.39, 0.29) is 5.69 Å². The number of rotatable bonds is 6. The van der Waals surface area contributed by atoms with Gasteiger partial charge in [0.1, 0.15) is 11.5 Å². The number of hydrogen-bond acceptors (Lipinski definition) is 4. The summed E-state index contributed by atoms with van der Waals surface area (Å²) in [6.45, 7) is 2.41. The van der Waals surface area contributed by atoms with Gasteiger partial charge in [0.15, 0.2) is 0 Å². The number of aromatic carboxylic acids is 1. The van der Waals surface area contributed by atoms with Crippen LogP contribution in [-0.2, 0) is 0 Å². The van der Waals surface area contributed by atoms with E-state index in [9.17, 15) is 19.3 Å². The first-order chi connectivity index (χ1) is 8.47. The Balaban J connectivity index is 3.14. The molecule has 0 spiro atoms. The van der Waals surface area contributed by atoms with E-state index in [2.05, 4.69) is 5.32 Å². The number of anilines is 1. The lowest BCUT2D eigenvalue weighted by molar-refractivity contribution is -0.384. The maximum atomic E-state index is 13.3. The van der Waals surface area contributed by atoms with E-state index >= 15 is 0 Å². The van der Waals surface area contributed by atoms with Crippen LogP contribution in [-0.4, -0.2) is 22.5 Å². The minimum absolute atomic E-state index is 0.0206. The third kappa shape index (κ3) is 3.16. The number of nitrogens with zero attached hydrogens (tertiary/aromatic N) is 1. The van der Waals surface area contributed by atoms with Crippen molar-refractivity contribution in [3.8, 4) is 0 Å². The summed E-state index contributed by atoms with van der Waals surface area (Å²) in [5.41, 5.74) is -1.03. The van der Waals surface area contributed by atoms with Crippen LogP contribution in [0.3, 0.4) is 0 Å². The van der Waals surface area contributed by atoms with Crippen molar-refractivity contribution >= 4 is 17.3 Å². The number of hydrogen-bond donors (Lipinski definition) is 2. The molecule has 0 heterocycles. The monoisotopic (exact) mass is 256 g/mol. The first-order valence-electron chi connectivity index (χ1n) is 5.42. The Morgan fingerprint density at radius 2 is 2.22 bits per heavy atom. The molecule has 0 bridgehead atoms. The largest absolute Gasteiger partial charge is 0.478 e. The van der Waals surface area contributed by atoms with Crippen LogP contribution >= 0.6 is 0 Å². The maximum absolute atomic E-state index is 13.3. The smallest absolute Gasteiger partial charge is 0.338 e. The Bertz CT molecular complexity index is 476. The summed E-state index contributed by atoms with van der Waals surface area (Å²) in [6, 6.07) is 1.57. The molecule has 0 aliphatic carbocycles. The molecule has 1 rings (SSSR count). The SMILES string of the molecule is CCCCNc1cc(C(=O)O)c(F)cc1[N+](=O)[O-]. The molecule has 18 heavy (non-hydrogen) atoms. The fourth-order valence-corrected chi connectivity index (χ4v) is 1.42. The molecule has 7 heteroatoms. The first-order valence-corrected chi connectivity index (χ1v) is 5.42. The summed E-state index contributed by atoms with van der Waals surface area (Å²) in [6.07, 6.45) is 1.66. The molecule has 0 saturated heterocycles. The molecule has 0 unspecified atom stereocenters. The average molecular weight is 256 g/mol. The van der Waals surface area contributed by atoms with Gasteiger partial charge in [-0.15, -0.1) is 0 Å². The number of halogens is 1. The molecule has 6 nitrogen and oxygen atoms in total. The van der Waals surface area contributed by atoms with E-state index in [4.69, 9.17) is 5.11 Å². The summed E-state index contributed by atoms with van der Waals surface area (Å²) < 4.78 is 13.3. The summed E-state index contributed by atoms with van der Waals surface area (Å²) in [5, 5.41) is 22.2. The van der Waals surface area contributed by atoms with Crippen molar-refractivity contribution in [2.24, 2.45) is 0 Å². The highest BCUT2D eigenvalue weighted by atomic mass is 19.1. The van der Waals surface area contributed by atoms with E-state index < -0.39 is 28.0 Å². The van der Waals surface area contributed by atoms with Crippen molar-refractivity contribution in [1.29, 1.82) is 0 Å². The topological polar surface area (TPSA) is 92.5 Å². The molecule has 0 fully saturated rings. The third-order valence-electron chi connectivity index (χ3n) is 2.36. The summed E-state index contributed by atoms with van der Waals surface area (Å²) in [4.78, 5) is 20.7. The number of nitro groups is 1. The van der Waals surface area contributed by atoms with Crippen LogP contribution in [0.2, 0.25) is 0 Å². The van der Waals surface area contributed by atoms with Crippen molar-refractivity contribution in [2.45, 2.75) is 19.8 Å². The molecule has 1 aromatic rings. The number of nitrogens with one attached hydrogen (secondary N) is 1. The summed E-state index contributed by atoms with van der Waals surface area (Å²) in [7, 11) is 0. The highest BCUT2D eigenvalue weighted by Crippen LogP contribution is 2.27. The van der Waals surface area contributed by atoms with Crippen LogP contribution < -0.4 is 5.32 Å². The van der Waals surface area contributed by atoms with Gasteiger partial charge in [-0.1, -0.05) is 13.3 Å². The van der Waals surface area contributed by atoms with Gasteiger partial charge in [-0.25, -0.2) is 9.18 Å². The second-order valence-electron chi connectivity index (χ2n) is 3.69. The van der Waals surface area contributed by atoms with Crippen molar-refractivity contribution in [2.75, 3.05) is 11.9 Å². The van der Waals surface area contributed by atoms with Crippen LogP contribution in [0.4, 0.5) is 15.8 Å². The Morgan fingerprint density at radius 3 is 2.72 bits per heavy atom. The lowest BCUT2D eigenvalue weighted by Gasteiger charge is -2.08. The number of carbonyl (C=O) groups is 1. The molecule has 0 amide bonds. The van der Waals surface area contributed by atoms with Crippen molar-refractivity contribution in [1.82, 2.24) is 0 Å². The van der Waals surface area contributed by atoms with Crippen molar-refractivity contribution in [3.63, 3.8) is 0 Å². The molecule has 0 saturated carbocycles. The lowest BCUT2D eigenvalue weighted by Crippen LogP contribution is -2.08. The number of benzene rings is 1. The first kappa shape index (κ1) is 13.9. The minimum atomic E-state index is -1.46. The van der Waals surface area contributed by atoms with E-state index in [1.807, 2.05) is 6.92 Å². The number of carboxylic acid groups (broad SMARTS) is 1. The number of carboxylic acids is 1. The van der Waals surface area contributed by atoms with Gasteiger partial charge < -0.3 is 10.4 Å². The standard InChI is InChI=1S/C11H13FN2O4/c1-2-3-4-13-9-5-7(11(15)16)8(12)6-10(9)14(17)18/h5-6,13H,2-4H2,1H3,(H,15,16). The lowest BCUT2D eigenvalue weighted by atomic mass is 10.1. The number of unbranched alkanes of at least 4 members (excludes halogenated alkanes) is 1. The Hall–Kier alpha value is -2.18. The fourth-order valence-electron chi connectivity index (χ4n) is 1.42. The van der Waals surface area contributed by atoms with E-state index in [1.165, 1.54) is 0 Å². The zero-order valence-electron chi connectivity index (χ0n) is 9.77. The molecular formula is C11H13FN2O4. The van der Waals surface area contributed by atoms with Crippen LogP contribution in [0.25, 0.3) is 0 Å². The predicted molar refractivity (Wildman–Crippen MR) is 63.4 cm³/mol. The summed E-state index contributed by atoms with van der Waals surface area (Å²) in [5.74, 6) is -2.57. The van der Waals surface area contributed by atoms with Crippen molar-refractivity contribution < 1.29 is 19.2 Å². The number of nitro benzene ring substituents is 1. The Kier molecular flexibility index (Phi) is 4.59. The molecule has 0 aliphatic heterocycles. The van der Waals surface area contributed by atoms with E-state index in [0.29, 0.717) is 12.6 Å². The van der Waals surface area contributed by atoms with Crippen LogP contribution in [0.5, 0.6) is 0 Å². The molecule has 1 aromatic carbocycles. The second kappa shape index (κ2) is 5.95. The summed E-state index contributed by atoms with van der Waals surface area (Å²) >= 11 is 0. The molecule has 2 N–H and O–H groups in total. The van der Waals surface area contributed by atoms with Gasteiger partial charge in [0, 0.05) is 6.54 Å². The molecule has 0 aliphatic rings. The van der Waals surface area contributed by atoms with Crippen LogP contribution in [0.1, 0.15) is 30.1 Å². The molecule has 0 aromatic heterocycles.